The highest BCUT2D eigenvalue weighted by Crippen LogP contribution is 2.39. The number of amides is 2. The third kappa shape index (κ3) is 3.83. The highest BCUT2D eigenvalue weighted by molar-refractivity contribution is 5.75. The Labute approximate surface area is 137 Å². The maximum atomic E-state index is 13.7. The van der Waals surface area contributed by atoms with Crippen molar-refractivity contribution in [3.63, 3.8) is 0 Å². The molecule has 1 atom stereocenters. The summed E-state index contributed by atoms with van der Waals surface area (Å²) in [6.07, 6.45) is 3.65. The van der Waals surface area contributed by atoms with E-state index in [9.17, 15) is 9.18 Å². The number of nitrogens with zero attached hydrogens (tertiary/aromatic N) is 1. The van der Waals surface area contributed by atoms with E-state index < -0.39 is 0 Å². The van der Waals surface area contributed by atoms with E-state index in [2.05, 4.69) is 5.32 Å². The Morgan fingerprint density at radius 1 is 1.35 bits per heavy atom. The molecule has 1 aromatic rings. The van der Waals surface area contributed by atoms with Crippen LogP contribution in [0.25, 0.3) is 0 Å². The Kier molecular flexibility index (Phi) is 4.85. The van der Waals surface area contributed by atoms with Crippen LogP contribution in [0.1, 0.15) is 31.7 Å². The van der Waals surface area contributed by atoms with Gasteiger partial charge in [-0.2, -0.15) is 0 Å². The van der Waals surface area contributed by atoms with Gasteiger partial charge in [0.05, 0.1) is 0 Å². The summed E-state index contributed by atoms with van der Waals surface area (Å²) in [6.45, 7) is 5.15. The summed E-state index contributed by atoms with van der Waals surface area (Å²) < 4.78 is 19.1. The topological polar surface area (TPSA) is 41.6 Å². The highest BCUT2D eigenvalue weighted by atomic mass is 19.1. The number of likely N-dealkylation sites (tertiary alicyclic amines) is 1. The van der Waals surface area contributed by atoms with E-state index in [0.29, 0.717) is 12.0 Å². The fourth-order valence-corrected chi connectivity index (χ4v) is 3.67. The molecule has 5 heteroatoms. The number of rotatable bonds is 3. The molecule has 0 saturated carbocycles. The summed E-state index contributed by atoms with van der Waals surface area (Å²) in [5.41, 5.74) is 0.896. The fraction of sp³-hybridized carbons (Fsp3) is 0.611. The van der Waals surface area contributed by atoms with Crippen molar-refractivity contribution in [3.8, 4) is 0 Å². The van der Waals surface area contributed by atoms with Crippen LogP contribution >= 0.6 is 0 Å². The lowest BCUT2D eigenvalue weighted by molar-refractivity contribution is 0.0208. The van der Waals surface area contributed by atoms with Gasteiger partial charge in [-0.1, -0.05) is 18.2 Å². The van der Waals surface area contributed by atoms with Crippen molar-refractivity contribution in [1.82, 2.24) is 10.2 Å². The average molecular weight is 320 g/mol. The zero-order valence-corrected chi connectivity index (χ0v) is 13.7. The van der Waals surface area contributed by atoms with Gasteiger partial charge in [-0.25, -0.2) is 9.18 Å². The SMILES string of the molecule is C[C@@H](Cc1ccccc1F)NC(=O)N1CCC2(CCOCC2)C1. The second-order valence-corrected chi connectivity index (χ2v) is 6.93. The van der Waals surface area contributed by atoms with Crippen LogP contribution in [-0.4, -0.2) is 43.3 Å². The highest BCUT2D eigenvalue weighted by Gasteiger charge is 2.41. The molecule has 2 fully saturated rings. The standard InChI is InChI=1S/C18H25FN2O2/c1-14(12-15-4-2-3-5-16(15)19)20-17(22)21-9-6-18(13-21)7-10-23-11-8-18/h2-5,14H,6-13H2,1H3,(H,20,22)/t14-/m0/s1. The number of ether oxygens (including phenoxy) is 1. The molecular weight excluding hydrogens is 295 g/mol. The van der Waals surface area contributed by atoms with Gasteiger partial charge in [-0.3, -0.25) is 0 Å². The Hall–Kier alpha value is -1.62. The van der Waals surface area contributed by atoms with E-state index in [-0.39, 0.29) is 23.3 Å². The molecule has 1 aromatic carbocycles. The summed E-state index contributed by atoms with van der Waals surface area (Å²) in [6, 6.07) is 6.61. The predicted molar refractivity (Wildman–Crippen MR) is 86.8 cm³/mol. The van der Waals surface area contributed by atoms with Crippen LogP contribution in [-0.2, 0) is 11.2 Å². The monoisotopic (exact) mass is 320 g/mol. The zero-order valence-electron chi connectivity index (χ0n) is 13.7. The van der Waals surface area contributed by atoms with Gasteiger partial charge >= 0.3 is 6.03 Å². The normalized spacial score (nSPS) is 21.4. The Morgan fingerprint density at radius 2 is 2.09 bits per heavy atom. The molecule has 3 rings (SSSR count). The molecule has 126 valence electrons. The van der Waals surface area contributed by atoms with Crippen LogP contribution in [0.3, 0.4) is 0 Å². The van der Waals surface area contributed by atoms with Gasteiger partial charge < -0.3 is 15.0 Å². The molecule has 2 saturated heterocycles. The van der Waals surface area contributed by atoms with Gasteiger partial charge in [0.15, 0.2) is 0 Å². The second kappa shape index (κ2) is 6.87. The molecule has 4 nitrogen and oxygen atoms in total. The smallest absolute Gasteiger partial charge is 0.317 e. The van der Waals surface area contributed by atoms with E-state index in [1.807, 2.05) is 17.9 Å². The van der Waals surface area contributed by atoms with E-state index >= 15 is 0 Å². The van der Waals surface area contributed by atoms with Crippen LogP contribution in [0, 0.1) is 11.2 Å². The lowest BCUT2D eigenvalue weighted by Gasteiger charge is -2.33. The van der Waals surface area contributed by atoms with Crippen molar-refractivity contribution >= 4 is 6.03 Å². The van der Waals surface area contributed by atoms with E-state index in [1.165, 1.54) is 6.07 Å². The van der Waals surface area contributed by atoms with Gasteiger partial charge in [0.25, 0.3) is 0 Å². The van der Waals surface area contributed by atoms with Crippen molar-refractivity contribution in [2.45, 2.75) is 38.6 Å². The minimum atomic E-state index is -0.212. The zero-order chi connectivity index (χ0) is 16.3. The van der Waals surface area contributed by atoms with Crippen molar-refractivity contribution in [2.24, 2.45) is 5.41 Å². The molecular formula is C18H25FN2O2. The Morgan fingerprint density at radius 3 is 2.83 bits per heavy atom. The van der Waals surface area contributed by atoms with Crippen molar-refractivity contribution in [1.29, 1.82) is 0 Å². The van der Waals surface area contributed by atoms with Gasteiger partial charge in [0.1, 0.15) is 5.82 Å². The van der Waals surface area contributed by atoms with Crippen molar-refractivity contribution in [2.75, 3.05) is 26.3 Å². The van der Waals surface area contributed by atoms with Gasteiger partial charge in [-0.15, -0.1) is 0 Å². The molecule has 1 spiro atoms. The summed E-state index contributed by atoms with van der Waals surface area (Å²) in [7, 11) is 0. The molecule has 0 aromatic heterocycles. The molecule has 0 unspecified atom stereocenters. The Balaban J connectivity index is 1.52. The number of hydrogen-bond donors (Lipinski definition) is 1. The average Bonchev–Trinajstić information content (AvgIpc) is 2.94. The van der Waals surface area contributed by atoms with Crippen molar-refractivity contribution in [3.05, 3.63) is 35.6 Å². The number of benzene rings is 1. The summed E-state index contributed by atoms with van der Waals surface area (Å²) in [5, 5.41) is 3.01. The molecule has 0 bridgehead atoms. The quantitative estimate of drug-likeness (QED) is 0.930. The largest absolute Gasteiger partial charge is 0.381 e. The first-order chi connectivity index (χ1) is 11.1. The molecule has 23 heavy (non-hydrogen) atoms. The molecule has 2 aliphatic rings. The van der Waals surface area contributed by atoms with E-state index in [1.54, 1.807) is 12.1 Å². The first-order valence-corrected chi connectivity index (χ1v) is 8.45. The van der Waals surface area contributed by atoms with Crippen LogP contribution in [0.5, 0.6) is 0 Å². The predicted octanol–water partition coefficient (Wildman–Crippen LogP) is 2.97. The molecule has 2 heterocycles. The summed E-state index contributed by atoms with van der Waals surface area (Å²) in [4.78, 5) is 14.4. The third-order valence-corrected chi connectivity index (χ3v) is 5.13. The molecule has 1 N–H and O–H groups in total. The number of urea groups is 1. The van der Waals surface area contributed by atoms with E-state index in [4.69, 9.17) is 4.74 Å². The lowest BCUT2D eigenvalue weighted by atomic mass is 9.80. The summed E-state index contributed by atoms with van der Waals surface area (Å²) in [5.74, 6) is -0.212. The Bertz CT molecular complexity index is 558. The van der Waals surface area contributed by atoms with Crippen LogP contribution in [0.15, 0.2) is 24.3 Å². The maximum absolute atomic E-state index is 13.7. The second-order valence-electron chi connectivity index (χ2n) is 6.93. The first kappa shape index (κ1) is 16.2. The number of hydrogen-bond acceptors (Lipinski definition) is 2. The third-order valence-electron chi connectivity index (χ3n) is 5.13. The molecule has 0 radical (unpaired) electrons. The first-order valence-electron chi connectivity index (χ1n) is 8.45. The number of carbonyl (C=O) groups is 1. The van der Waals surface area contributed by atoms with Crippen LogP contribution in [0.2, 0.25) is 0 Å². The van der Waals surface area contributed by atoms with Gasteiger partial charge in [0, 0.05) is 32.3 Å². The number of nitrogens with one attached hydrogen (secondary N) is 1. The summed E-state index contributed by atoms with van der Waals surface area (Å²) >= 11 is 0. The van der Waals surface area contributed by atoms with Gasteiger partial charge in [0.2, 0.25) is 0 Å². The number of halogens is 1. The lowest BCUT2D eigenvalue weighted by Crippen LogP contribution is -2.45. The molecule has 0 aliphatic carbocycles. The van der Waals surface area contributed by atoms with E-state index in [0.717, 1.165) is 45.6 Å². The maximum Gasteiger partial charge on any atom is 0.317 e. The van der Waals surface area contributed by atoms with Crippen LogP contribution < -0.4 is 5.32 Å². The van der Waals surface area contributed by atoms with Crippen LogP contribution in [0.4, 0.5) is 9.18 Å². The minimum absolute atomic E-state index is 0.0304. The molecule has 2 amide bonds. The van der Waals surface area contributed by atoms with Crippen molar-refractivity contribution < 1.29 is 13.9 Å². The van der Waals surface area contributed by atoms with Gasteiger partial charge in [-0.05, 0) is 49.7 Å². The minimum Gasteiger partial charge on any atom is -0.381 e. The fourth-order valence-electron chi connectivity index (χ4n) is 3.67. The number of carbonyl (C=O) groups excluding carboxylic acids is 1. The molecule has 2 aliphatic heterocycles.